The van der Waals surface area contributed by atoms with Crippen LogP contribution in [0.5, 0.6) is 0 Å². The van der Waals surface area contributed by atoms with Crippen LogP contribution in [0.25, 0.3) is 0 Å². The Hall–Kier alpha value is -0.930. The van der Waals surface area contributed by atoms with Crippen molar-refractivity contribution < 1.29 is 56.8 Å². The first-order valence-corrected chi connectivity index (χ1v) is 4.31. The van der Waals surface area contributed by atoms with Crippen LogP contribution in [0.3, 0.4) is 0 Å². The standard InChI is InChI=1S/C8H13NO7.Ag/c9-1-2-16-6(12)4-8(15,7(13)14)3-5(10)11;/h15H,1-4,9H2,(H,10,11)(H,13,14);/p-2. The molecule has 0 spiro atoms. The molecule has 0 saturated carbocycles. The second-order valence-corrected chi connectivity index (χ2v) is 3.05. The van der Waals surface area contributed by atoms with E-state index in [0.717, 1.165) is 0 Å². The Morgan fingerprint density at radius 3 is 2.12 bits per heavy atom. The van der Waals surface area contributed by atoms with Crippen LogP contribution >= 0.6 is 0 Å². The van der Waals surface area contributed by atoms with Crippen LogP contribution in [-0.2, 0) is 41.5 Å². The quantitative estimate of drug-likeness (QED) is 0.347. The van der Waals surface area contributed by atoms with E-state index in [2.05, 4.69) is 4.74 Å². The average molecular weight is 341 g/mol. The van der Waals surface area contributed by atoms with Crippen molar-refractivity contribution in [3.05, 3.63) is 0 Å². The molecule has 0 amide bonds. The molecule has 8 nitrogen and oxygen atoms in total. The van der Waals surface area contributed by atoms with E-state index >= 15 is 0 Å². The Bertz CT molecular complexity index is 296. The summed E-state index contributed by atoms with van der Waals surface area (Å²) in [6.07, 6.45) is -2.30. The molecule has 0 saturated heterocycles. The molecule has 103 valence electrons. The molecule has 0 aromatic rings. The molecule has 1 unspecified atom stereocenters. The number of carboxylic acid groups (broad SMARTS) is 2. The molecule has 1 atom stereocenters. The molecule has 0 aliphatic carbocycles. The summed E-state index contributed by atoms with van der Waals surface area (Å²) in [5.41, 5.74) is 2.18. The maximum absolute atomic E-state index is 11.0. The number of nitrogens with two attached hydrogens (primary N) is 1. The van der Waals surface area contributed by atoms with Crippen molar-refractivity contribution in [2.75, 3.05) is 13.2 Å². The maximum atomic E-state index is 11.0. The van der Waals surface area contributed by atoms with E-state index in [1.54, 1.807) is 0 Å². The van der Waals surface area contributed by atoms with Gasteiger partial charge in [0.15, 0.2) is 0 Å². The summed E-state index contributed by atoms with van der Waals surface area (Å²) < 4.78 is 4.39. The third kappa shape index (κ3) is 7.08. The average Bonchev–Trinajstić information content (AvgIpc) is 2.12. The van der Waals surface area contributed by atoms with E-state index in [9.17, 15) is 29.7 Å². The number of hydrogen-bond acceptors (Lipinski definition) is 8. The molecular weight excluding hydrogens is 330 g/mol. The number of carboxylic acids is 2. The third-order valence-electron chi connectivity index (χ3n) is 1.63. The number of hydrogen-bond donors (Lipinski definition) is 2. The van der Waals surface area contributed by atoms with Crippen LogP contribution in [0.1, 0.15) is 12.8 Å². The van der Waals surface area contributed by atoms with Crippen molar-refractivity contribution >= 4 is 17.9 Å². The van der Waals surface area contributed by atoms with Crippen LogP contribution in [0.15, 0.2) is 0 Å². The van der Waals surface area contributed by atoms with E-state index in [-0.39, 0.29) is 35.5 Å². The van der Waals surface area contributed by atoms with E-state index in [0.29, 0.717) is 0 Å². The van der Waals surface area contributed by atoms with Crippen molar-refractivity contribution in [1.82, 2.24) is 0 Å². The number of rotatable bonds is 7. The van der Waals surface area contributed by atoms with Gasteiger partial charge in [-0.2, -0.15) is 0 Å². The number of esters is 1. The second-order valence-electron chi connectivity index (χ2n) is 3.05. The minimum absolute atomic E-state index is 0. The van der Waals surface area contributed by atoms with Crippen LogP contribution < -0.4 is 15.9 Å². The molecule has 0 rings (SSSR count). The summed E-state index contributed by atoms with van der Waals surface area (Å²) in [5, 5.41) is 30.0. The van der Waals surface area contributed by atoms with Crippen LogP contribution in [0.4, 0.5) is 0 Å². The first-order chi connectivity index (χ1) is 7.31. The van der Waals surface area contributed by atoms with Gasteiger partial charge in [-0.15, -0.1) is 0 Å². The summed E-state index contributed by atoms with van der Waals surface area (Å²) in [4.78, 5) is 31.6. The monoisotopic (exact) mass is 340 g/mol. The SMILES string of the molecule is NCCOC(=O)CC(O)(CC(=O)[O-])C(=O)[O-].[Ag]. The second kappa shape index (κ2) is 8.20. The molecule has 0 aliphatic heterocycles. The van der Waals surface area contributed by atoms with Crippen molar-refractivity contribution in [1.29, 1.82) is 0 Å². The van der Waals surface area contributed by atoms with Gasteiger partial charge in [0.1, 0.15) is 12.2 Å². The molecule has 0 aliphatic rings. The van der Waals surface area contributed by atoms with Gasteiger partial charge in [0.2, 0.25) is 0 Å². The third-order valence-corrected chi connectivity index (χ3v) is 1.63. The predicted molar refractivity (Wildman–Crippen MR) is 44.2 cm³/mol. The fraction of sp³-hybridized carbons (Fsp3) is 0.625. The minimum Gasteiger partial charge on any atom is -0.550 e. The Balaban J connectivity index is 0. The Morgan fingerprint density at radius 1 is 1.24 bits per heavy atom. The van der Waals surface area contributed by atoms with Gasteiger partial charge >= 0.3 is 5.97 Å². The number of carbonyl (C=O) groups excluding carboxylic acids is 3. The normalized spacial score (nSPS) is 13.1. The molecule has 3 N–H and O–H groups in total. The topological polar surface area (TPSA) is 153 Å². The molecule has 0 bridgehead atoms. The largest absolute Gasteiger partial charge is 0.550 e. The predicted octanol–water partition coefficient (Wildman–Crippen LogP) is -4.50. The Labute approximate surface area is 112 Å². The molecule has 0 fully saturated rings. The molecule has 0 aromatic heterocycles. The van der Waals surface area contributed by atoms with Crippen molar-refractivity contribution in [3.8, 4) is 0 Å². The number of carbonyl (C=O) groups is 3. The smallest absolute Gasteiger partial charge is 0.309 e. The molecule has 0 heterocycles. The van der Waals surface area contributed by atoms with Gasteiger partial charge in [0, 0.05) is 41.3 Å². The Morgan fingerprint density at radius 2 is 1.76 bits per heavy atom. The van der Waals surface area contributed by atoms with Crippen molar-refractivity contribution in [2.45, 2.75) is 18.4 Å². The molecule has 9 heteroatoms. The number of aliphatic carboxylic acids is 2. The van der Waals surface area contributed by atoms with Crippen molar-refractivity contribution in [2.24, 2.45) is 5.73 Å². The van der Waals surface area contributed by atoms with E-state index < -0.39 is 36.4 Å². The zero-order valence-corrected chi connectivity index (χ0v) is 10.1. The number of ether oxygens (including phenoxy) is 1. The molecule has 17 heavy (non-hydrogen) atoms. The first-order valence-electron chi connectivity index (χ1n) is 4.31. The van der Waals surface area contributed by atoms with Gasteiger partial charge in [0.25, 0.3) is 0 Å². The first kappa shape index (κ1) is 18.4. The zero-order chi connectivity index (χ0) is 12.8. The van der Waals surface area contributed by atoms with Gasteiger partial charge in [0.05, 0.1) is 12.4 Å². The van der Waals surface area contributed by atoms with E-state index in [1.807, 2.05) is 0 Å². The summed E-state index contributed by atoms with van der Waals surface area (Å²) in [6.45, 7) is -0.136. The number of aliphatic hydroxyl groups is 1. The van der Waals surface area contributed by atoms with Gasteiger partial charge in [-0.25, -0.2) is 0 Å². The molecule has 0 aromatic carbocycles. The summed E-state index contributed by atoms with van der Waals surface area (Å²) in [6, 6.07) is 0. The van der Waals surface area contributed by atoms with Gasteiger partial charge < -0.3 is 35.4 Å². The van der Waals surface area contributed by atoms with Crippen LogP contribution in [0, 0.1) is 0 Å². The summed E-state index contributed by atoms with van der Waals surface area (Å²) >= 11 is 0. The van der Waals surface area contributed by atoms with Gasteiger partial charge in [-0.3, -0.25) is 4.79 Å². The maximum Gasteiger partial charge on any atom is 0.309 e. The molecule has 1 radical (unpaired) electrons. The fourth-order valence-corrected chi connectivity index (χ4v) is 0.908. The van der Waals surface area contributed by atoms with E-state index in [4.69, 9.17) is 5.73 Å². The molecular formula is C8H11AgNO7-2. The summed E-state index contributed by atoms with van der Waals surface area (Å²) in [7, 11) is 0. The summed E-state index contributed by atoms with van der Waals surface area (Å²) in [5.74, 6) is -4.99. The fourth-order valence-electron chi connectivity index (χ4n) is 0.908. The Kier molecular flexibility index (Phi) is 8.90. The van der Waals surface area contributed by atoms with Gasteiger partial charge in [-0.1, -0.05) is 0 Å². The zero-order valence-electron chi connectivity index (χ0n) is 8.60. The van der Waals surface area contributed by atoms with Gasteiger partial charge in [-0.05, 0) is 0 Å². The minimum atomic E-state index is -2.83. The van der Waals surface area contributed by atoms with Crippen molar-refractivity contribution in [3.63, 3.8) is 0 Å². The van der Waals surface area contributed by atoms with Crippen LogP contribution in [0.2, 0.25) is 0 Å². The van der Waals surface area contributed by atoms with E-state index in [1.165, 1.54) is 0 Å². The van der Waals surface area contributed by atoms with Crippen LogP contribution in [-0.4, -0.2) is 41.8 Å².